The zero-order chi connectivity index (χ0) is 11.6. The van der Waals surface area contributed by atoms with Crippen LogP contribution < -0.4 is 0 Å². The normalized spacial score (nSPS) is 13.4. The quantitative estimate of drug-likeness (QED) is 0.707. The Morgan fingerprint density at radius 1 is 1.33 bits per heavy atom. The molecule has 1 aliphatic rings. The van der Waals surface area contributed by atoms with Gasteiger partial charge in [-0.25, -0.2) is 0 Å². The summed E-state index contributed by atoms with van der Waals surface area (Å²) in [5.41, 5.74) is 3.15. The maximum Gasteiger partial charge on any atom is 0.254 e. The third-order valence-corrected chi connectivity index (χ3v) is 3.22. The van der Waals surface area contributed by atoms with Crippen molar-refractivity contribution >= 4 is 21.8 Å². The highest BCUT2D eigenvalue weighted by atomic mass is 79.9. The van der Waals surface area contributed by atoms with Gasteiger partial charge >= 0.3 is 0 Å². The van der Waals surface area contributed by atoms with Crippen molar-refractivity contribution in [3.8, 4) is 0 Å². The third-order valence-electron chi connectivity index (χ3n) is 2.37. The molecule has 0 bridgehead atoms. The second-order valence-electron chi connectivity index (χ2n) is 3.42. The van der Waals surface area contributed by atoms with E-state index >= 15 is 0 Å². The molecule has 0 spiro atoms. The number of halogens is 1. The van der Waals surface area contributed by atoms with Crippen LogP contribution in [0.4, 0.5) is 0 Å². The molecule has 1 aromatic rings. The number of aryl methyl sites for hydroxylation is 1. The Balaban J connectivity index is 0.000000531. The summed E-state index contributed by atoms with van der Waals surface area (Å²) in [6.07, 6.45) is 0. The summed E-state index contributed by atoms with van der Waals surface area (Å²) >= 11 is 3.43. The molecular weight excluding hydrogens is 254 g/mol. The summed E-state index contributed by atoms with van der Waals surface area (Å²) in [5.74, 6) is 0.121. The number of hydrogen-bond acceptors (Lipinski definition) is 1. The van der Waals surface area contributed by atoms with Gasteiger partial charge in [0.15, 0.2) is 0 Å². The third kappa shape index (κ3) is 2.23. The first kappa shape index (κ1) is 12.2. The number of carbonyl (C=O) groups excluding carboxylic acids is 1. The van der Waals surface area contributed by atoms with Gasteiger partial charge in [-0.2, -0.15) is 0 Å². The lowest BCUT2D eigenvalue weighted by Gasteiger charge is -2.04. The minimum Gasteiger partial charge on any atom is -0.337 e. The number of carbonyl (C=O) groups is 1. The number of nitrogens with zero attached hydrogens (tertiary/aromatic N) is 1. The summed E-state index contributed by atoms with van der Waals surface area (Å²) in [4.78, 5) is 13.3. The topological polar surface area (TPSA) is 20.3 Å². The Labute approximate surface area is 99.4 Å². The molecule has 0 saturated carbocycles. The SMILES string of the molecule is CC.Cc1cc2c(cc1Br)C(=O)N(C)C2. The largest absolute Gasteiger partial charge is 0.337 e. The lowest BCUT2D eigenvalue weighted by Crippen LogP contribution is -2.17. The van der Waals surface area contributed by atoms with Crippen LogP contribution in [0.1, 0.15) is 35.3 Å². The van der Waals surface area contributed by atoms with E-state index in [9.17, 15) is 4.79 Å². The van der Waals surface area contributed by atoms with Crippen LogP contribution in [0.3, 0.4) is 0 Å². The second kappa shape index (κ2) is 4.79. The maximum absolute atomic E-state index is 11.6. The highest BCUT2D eigenvalue weighted by molar-refractivity contribution is 9.10. The molecule has 0 N–H and O–H groups in total. The van der Waals surface area contributed by atoms with Crippen molar-refractivity contribution in [2.45, 2.75) is 27.3 Å². The molecule has 1 aromatic carbocycles. The molecule has 0 aromatic heterocycles. The Morgan fingerprint density at radius 2 is 1.93 bits per heavy atom. The van der Waals surface area contributed by atoms with Gasteiger partial charge in [0.2, 0.25) is 0 Å². The average molecular weight is 270 g/mol. The average Bonchev–Trinajstić information content (AvgIpc) is 2.49. The van der Waals surface area contributed by atoms with Gasteiger partial charge in [0.25, 0.3) is 5.91 Å². The molecule has 0 atom stereocenters. The Bertz CT molecular complexity index is 387. The molecule has 82 valence electrons. The van der Waals surface area contributed by atoms with Gasteiger partial charge in [-0.15, -0.1) is 0 Å². The smallest absolute Gasteiger partial charge is 0.254 e. The van der Waals surface area contributed by atoms with E-state index in [1.807, 2.05) is 33.9 Å². The minimum absolute atomic E-state index is 0.121. The highest BCUT2D eigenvalue weighted by Crippen LogP contribution is 2.27. The zero-order valence-corrected chi connectivity index (χ0v) is 11.2. The van der Waals surface area contributed by atoms with Gasteiger partial charge in [0.1, 0.15) is 0 Å². The first-order valence-electron chi connectivity index (χ1n) is 5.14. The lowest BCUT2D eigenvalue weighted by molar-refractivity contribution is 0.0816. The van der Waals surface area contributed by atoms with Crippen LogP contribution in [0.25, 0.3) is 0 Å². The summed E-state index contributed by atoms with van der Waals surface area (Å²) in [6.45, 7) is 6.77. The maximum atomic E-state index is 11.6. The van der Waals surface area contributed by atoms with E-state index in [-0.39, 0.29) is 5.91 Å². The van der Waals surface area contributed by atoms with Crippen molar-refractivity contribution in [2.75, 3.05) is 7.05 Å². The van der Waals surface area contributed by atoms with Crippen LogP contribution in [0.2, 0.25) is 0 Å². The summed E-state index contributed by atoms with van der Waals surface area (Å²) in [6, 6.07) is 3.98. The van der Waals surface area contributed by atoms with Gasteiger partial charge in [-0.1, -0.05) is 35.8 Å². The first-order chi connectivity index (χ1) is 7.09. The lowest BCUT2D eigenvalue weighted by atomic mass is 10.1. The van der Waals surface area contributed by atoms with Gasteiger partial charge in [-0.05, 0) is 24.1 Å². The highest BCUT2D eigenvalue weighted by Gasteiger charge is 2.24. The molecule has 1 amide bonds. The molecule has 2 rings (SSSR count). The van der Waals surface area contributed by atoms with E-state index < -0.39 is 0 Å². The minimum atomic E-state index is 0.121. The molecular formula is C12H16BrNO. The predicted octanol–water partition coefficient (Wildman–Crippen LogP) is 3.37. The van der Waals surface area contributed by atoms with Crippen LogP contribution in [0.15, 0.2) is 16.6 Å². The van der Waals surface area contributed by atoms with Crippen molar-refractivity contribution in [1.82, 2.24) is 4.90 Å². The molecule has 1 aliphatic heterocycles. The number of amides is 1. The van der Waals surface area contributed by atoms with Crippen molar-refractivity contribution in [3.05, 3.63) is 33.3 Å². The number of hydrogen-bond donors (Lipinski definition) is 0. The van der Waals surface area contributed by atoms with Crippen LogP contribution >= 0.6 is 15.9 Å². The van der Waals surface area contributed by atoms with Gasteiger partial charge in [0.05, 0.1) is 0 Å². The van der Waals surface area contributed by atoms with Crippen LogP contribution in [-0.2, 0) is 6.54 Å². The monoisotopic (exact) mass is 269 g/mol. The van der Waals surface area contributed by atoms with E-state index in [1.54, 1.807) is 4.90 Å². The summed E-state index contributed by atoms with van der Waals surface area (Å²) in [5, 5.41) is 0. The molecule has 0 aliphatic carbocycles. The van der Waals surface area contributed by atoms with E-state index in [0.717, 1.165) is 22.1 Å². The van der Waals surface area contributed by atoms with Crippen molar-refractivity contribution in [3.63, 3.8) is 0 Å². The van der Waals surface area contributed by atoms with Gasteiger partial charge in [0, 0.05) is 23.6 Å². The fraction of sp³-hybridized carbons (Fsp3) is 0.417. The van der Waals surface area contributed by atoms with E-state index in [2.05, 4.69) is 22.0 Å². The summed E-state index contributed by atoms with van der Waals surface area (Å²) < 4.78 is 1.01. The van der Waals surface area contributed by atoms with Crippen LogP contribution in [0, 0.1) is 6.92 Å². The van der Waals surface area contributed by atoms with Crippen LogP contribution in [0.5, 0.6) is 0 Å². The molecule has 1 heterocycles. The molecule has 3 heteroatoms. The fourth-order valence-electron chi connectivity index (χ4n) is 1.60. The first-order valence-corrected chi connectivity index (χ1v) is 5.93. The molecule has 0 unspecified atom stereocenters. The number of benzene rings is 1. The van der Waals surface area contributed by atoms with Gasteiger partial charge in [-0.3, -0.25) is 4.79 Å². The van der Waals surface area contributed by atoms with Crippen molar-refractivity contribution in [1.29, 1.82) is 0 Å². The Morgan fingerprint density at radius 3 is 2.53 bits per heavy atom. The van der Waals surface area contributed by atoms with Gasteiger partial charge < -0.3 is 4.90 Å². The van der Waals surface area contributed by atoms with Crippen molar-refractivity contribution < 1.29 is 4.79 Å². The van der Waals surface area contributed by atoms with E-state index in [4.69, 9.17) is 0 Å². The Kier molecular flexibility index (Phi) is 3.91. The summed E-state index contributed by atoms with van der Waals surface area (Å²) in [7, 11) is 1.82. The molecule has 15 heavy (non-hydrogen) atoms. The molecule has 0 radical (unpaired) electrons. The van der Waals surface area contributed by atoms with E-state index in [0.29, 0.717) is 0 Å². The predicted molar refractivity (Wildman–Crippen MR) is 66.0 cm³/mol. The van der Waals surface area contributed by atoms with Crippen LogP contribution in [-0.4, -0.2) is 17.9 Å². The Hall–Kier alpha value is -0.830. The zero-order valence-electron chi connectivity index (χ0n) is 9.60. The number of fused-ring (bicyclic) bond motifs is 1. The standard InChI is InChI=1S/C10H10BrNO.C2H6/c1-6-3-7-5-12(2)10(13)8(7)4-9(6)11;1-2/h3-4H,5H2,1-2H3;1-2H3. The molecule has 2 nitrogen and oxygen atoms in total. The van der Waals surface area contributed by atoms with Crippen molar-refractivity contribution in [2.24, 2.45) is 0 Å². The molecule has 0 fully saturated rings. The second-order valence-corrected chi connectivity index (χ2v) is 4.27. The number of rotatable bonds is 0. The van der Waals surface area contributed by atoms with E-state index in [1.165, 1.54) is 5.56 Å². The fourth-order valence-corrected chi connectivity index (χ4v) is 1.95. The molecule has 0 saturated heterocycles.